The van der Waals surface area contributed by atoms with Crippen molar-refractivity contribution in [2.24, 2.45) is 4.99 Å². The Bertz CT molecular complexity index is 280. The molecule has 0 bridgehead atoms. The predicted molar refractivity (Wildman–Crippen MR) is 56.7 cm³/mol. The Labute approximate surface area is 87.7 Å². The number of fused-ring (bicyclic) bond motifs is 1. The number of carbonyl (C=O) groups is 1. The van der Waals surface area contributed by atoms with Gasteiger partial charge in [0.2, 0.25) is 0 Å². The summed E-state index contributed by atoms with van der Waals surface area (Å²) in [4.78, 5) is 17.9. The van der Waals surface area contributed by atoms with E-state index in [1.165, 1.54) is 12.8 Å². The molecule has 0 radical (unpaired) electrons. The highest BCUT2D eigenvalue weighted by Gasteiger charge is 2.36. The summed E-state index contributed by atoms with van der Waals surface area (Å²) in [7, 11) is 3.51. The van der Waals surface area contributed by atoms with Crippen molar-refractivity contribution in [3.63, 3.8) is 0 Å². The molecule has 1 fully saturated rings. The molecule has 5 heteroatoms. The first kappa shape index (κ1) is 9.98. The van der Waals surface area contributed by atoms with E-state index >= 15 is 0 Å². The van der Waals surface area contributed by atoms with E-state index in [1.54, 1.807) is 11.8 Å². The molecule has 1 saturated heterocycles. The normalized spacial score (nSPS) is 32.3. The highest BCUT2D eigenvalue weighted by molar-refractivity contribution is 8.02. The average Bonchev–Trinajstić information content (AvgIpc) is 2.59. The number of hydrogen-bond acceptors (Lipinski definition) is 5. The Hall–Kier alpha value is -0.550. The van der Waals surface area contributed by atoms with Crippen molar-refractivity contribution in [1.82, 2.24) is 4.90 Å². The molecule has 2 atom stereocenters. The number of ether oxygens (including phenoxy) is 1. The maximum atomic E-state index is 11.3. The maximum Gasteiger partial charge on any atom is 0.341 e. The molecule has 2 unspecified atom stereocenters. The molecule has 2 rings (SSSR count). The van der Waals surface area contributed by atoms with Gasteiger partial charge < -0.3 is 9.64 Å². The summed E-state index contributed by atoms with van der Waals surface area (Å²) in [6.07, 6.45) is 0.988. The van der Waals surface area contributed by atoms with Crippen LogP contribution in [0.15, 0.2) is 4.99 Å². The SMILES string of the molecule is COC(=O)C1N=C2CCN(C)CC2S1. The molecule has 14 heavy (non-hydrogen) atoms. The standard InChI is InChI=1S/C9H14N2O2S/c1-11-4-3-6-7(5-11)14-8(10-6)9(12)13-2/h7-8H,3-5H2,1-2H3. The summed E-state index contributed by atoms with van der Waals surface area (Å²) in [6.45, 7) is 2.04. The highest BCUT2D eigenvalue weighted by atomic mass is 32.2. The molecule has 0 aromatic carbocycles. The molecule has 4 nitrogen and oxygen atoms in total. The van der Waals surface area contributed by atoms with Gasteiger partial charge >= 0.3 is 5.97 Å². The fraction of sp³-hybridized carbons (Fsp3) is 0.778. The molecular formula is C9H14N2O2S. The van der Waals surface area contributed by atoms with Crippen LogP contribution in [0.5, 0.6) is 0 Å². The van der Waals surface area contributed by atoms with Crippen LogP contribution in [-0.2, 0) is 9.53 Å². The molecule has 0 N–H and O–H groups in total. The lowest BCUT2D eigenvalue weighted by molar-refractivity contribution is -0.139. The van der Waals surface area contributed by atoms with Crippen LogP contribution in [0.4, 0.5) is 0 Å². The number of thioether (sulfide) groups is 1. The summed E-state index contributed by atoms with van der Waals surface area (Å²) in [6, 6.07) is 0. The lowest BCUT2D eigenvalue weighted by Gasteiger charge is -2.27. The van der Waals surface area contributed by atoms with Gasteiger partial charge in [0.05, 0.1) is 12.4 Å². The van der Waals surface area contributed by atoms with Gasteiger partial charge in [-0.25, -0.2) is 4.79 Å². The van der Waals surface area contributed by atoms with Gasteiger partial charge in [0.1, 0.15) is 0 Å². The molecule has 2 aliphatic rings. The molecule has 2 aliphatic heterocycles. The Balaban J connectivity index is 2.04. The lowest BCUT2D eigenvalue weighted by atomic mass is 10.1. The van der Waals surface area contributed by atoms with E-state index in [2.05, 4.69) is 21.7 Å². The molecule has 0 aromatic rings. The van der Waals surface area contributed by atoms with Crippen molar-refractivity contribution in [1.29, 1.82) is 0 Å². The van der Waals surface area contributed by atoms with Crippen molar-refractivity contribution in [2.45, 2.75) is 17.0 Å². The van der Waals surface area contributed by atoms with Crippen LogP contribution in [0.2, 0.25) is 0 Å². The van der Waals surface area contributed by atoms with Crippen LogP contribution < -0.4 is 0 Å². The van der Waals surface area contributed by atoms with E-state index in [-0.39, 0.29) is 11.3 Å². The molecular weight excluding hydrogens is 200 g/mol. The minimum Gasteiger partial charge on any atom is -0.467 e. The first-order valence-electron chi connectivity index (χ1n) is 4.69. The van der Waals surface area contributed by atoms with Crippen molar-refractivity contribution < 1.29 is 9.53 Å². The molecule has 2 heterocycles. The summed E-state index contributed by atoms with van der Waals surface area (Å²) < 4.78 is 4.69. The smallest absolute Gasteiger partial charge is 0.341 e. The second kappa shape index (κ2) is 3.90. The van der Waals surface area contributed by atoms with Crippen LogP contribution in [0, 0.1) is 0 Å². The quantitative estimate of drug-likeness (QED) is 0.592. The number of piperidine rings is 1. The Morgan fingerprint density at radius 2 is 2.50 bits per heavy atom. The fourth-order valence-electron chi connectivity index (χ4n) is 1.76. The molecule has 0 aromatic heterocycles. The zero-order valence-corrected chi connectivity index (χ0v) is 9.21. The number of carbonyl (C=O) groups excluding carboxylic acids is 1. The van der Waals surface area contributed by atoms with E-state index in [4.69, 9.17) is 0 Å². The molecule has 78 valence electrons. The van der Waals surface area contributed by atoms with Crippen molar-refractivity contribution in [2.75, 3.05) is 27.2 Å². The van der Waals surface area contributed by atoms with Gasteiger partial charge in [-0.3, -0.25) is 4.99 Å². The van der Waals surface area contributed by atoms with Gasteiger partial charge in [-0.1, -0.05) is 0 Å². The van der Waals surface area contributed by atoms with E-state index in [1.807, 2.05) is 0 Å². The van der Waals surface area contributed by atoms with Crippen LogP contribution >= 0.6 is 11.8 Å². The highest BCUT2D eigenvalue weighted by Crippen LogP contribution is 2.32. The zero-order chi connectivity index (χ0) is 10.1. The largest absolute Gasteiger partial charge is 0.467 e. The van der Waals surface area contributed by atoms with Gasteiger partial charge in [0.25, 0.3) is 0 Å². The van der Waals surface area contributed by atoms with Gasteiger partial charge in [-0.2, -0.15) is 0 Å². The van der Waals surface area contributed by atoms with Gasteiger partial charge in [0.15, 0.2) is 5.37 Å². The van der Waals surface area contributed by atoms with E-state index < -0.39 is 0 Å². The fourth-order valence-corrected chi connectivity index (χ4v) is 3.15. The van der Waals surface area contributed by atoms with Crippen molar-refractivity contribution in [3.8, 4) is 0 Å². The minimum atomic E-state index is -0.313. The Kier molecular flexibility index (Phi) is 2.78. The van der Waals surface area contributed by atoms with Crippen LogP contribution in [0.1, 0.15) is 6.42 Å². The predicted octanol–water partition coefficient (Wildman–Crippen LogP) is 0.377. The van der Waals surface area contributed by atoms with E-state index in [0.717, 1.165) is 19.5 Å². The molecule has 0 aliphatic carbocycles. The van der Waals surface area contributed by atoms with Crippen molar-refractivity contribution in [3.05, 3.63) is 0 Å². The number of methoxy groups -OCH3 is 1. The number of nitrogens with zero attached hydrogens (tertiary/aromatic N) is 2. The monoisotopic (exact) mass is 214 g/mol. The van der Waals surface area contributed by atoms with E-state index in [0.29, 0.717) is 5.25 Å². The summed E-state index contributed by atoms with van der Waals surface area (Å²) in [5.41, 5.74) is 1.18. The summed E-state index contributed by atoms with van der Waals surface area (Å²) >= 11 is 1.61. The first-order chi connectivity index (χ1) is 6.70. The second-order valence-electron chi connectivity index (χ2n) is 3.63. The van der Waals surface area contributed by atoms with Gasteiger partial charge in [0, 0.05) is 18.8 Å². The number of rotatable bonds is 1. The van der Waals surface area contributed by atoms with Crippen molar-refractivity contribution >= 4 is 23.4 Å². The topological polar surface area (TPSA) is 41.9 Å². The zero-order valence-electron chi connectivity index (χ0n) is 8.40. The van der Waals surface area contributed by atoms with Crippen LogP contribution in [0.3, 0.4) is 0 Å². The van der Waals surface area contributed by atoms with Gasteiger partial charge in [-0.15, -0.1) is 11.8 Å². The summed E-state index contributed by atoms with van der Waals surface area (Å²) in [5, 5.41) is 0.0874. The third-order valence-electron chi connectivity index (χ3n) is 2.58. The minimum absolute atomic E-state index is 0.223. The third-order valence-corrected chi connectivity index (χ3v) is 3.88. The number of esters is 1. The lowest BCUT2D eigenvalue weighted by Crippen LogP contribution is -2.38. The number of likely N-dealkylation sites (tertiary alicyclic amines) is 1. The molecule has 0 saturated carbocycles. The van der Waals surface area contributed by atoms with Crippen LogP contribution in [-0.4, -0.2) is 54.5 Å². The molecule has 0 spiro atoms. The van der Waals surface area contributed by atoms with Crippen LogP contribution in [0.25, 0.3) is 0 Å². The third kappa shape index (κ3) is 1.79. The van der Waals surface area contributed by atoms with E-state index in [9.17, 15) is 4.79 Å². The first-order valence-corrected chi connectivity index (χ1v) is 5.63. The summed E-state index contributed by atoms with van der Waals surface area (Å²) in [5.74, 6) is -0.223. The average molecular weight is 214 g/mol. The van der Waals surface area contributed by atoms with Gasteiger partial charge in [-0.05, 0) is 13.5 Å². The number of aliphatic imine (C=N–C) groups is 1. The second-order valence-corrected chi connectivity index (χ2v) is 4.92. The molecule has 0 amide bonds. The maximum absolute atomic E-state index is 11.3. The Morgan fingerprint density at radius 1 is 1.71 bits per heavy atom. The Morgan fingerprint density at radius 3 is 3.21 bits per heavy atom. The number of hydrogen-bond donors (Lipinski definition) is 0.